The van der Waals surface area contributed by atoms with E-state index in [1.165, 1.54) is 12.3 Å². The van der Waals surface area contributed by atoms with Gasteiger partial charge in [-0.2, -0.15) is 0 Å². The number of pyridine rings is 1. The smallest absolute Gasteiger partial charge is 0.139 e. The summed E-state index contributed by atoms with van der Waals surface area (Å²) in [4.78, 5) is 4.52. The van der Waals surface area contributed by atoms with Crippen molar-refractivity contribution in [2.24, 2.45) is 0 Å². The Balaban J connectivity index is 2.28. The van der Waals surface area contributed by atoms with Gasteiger partial charge in [-0.3, -0.25) is 0 Å². The Morgan fingerprint density at radius 2 is 1.82 bits per heavy atom. The molecule has 0 bridgehead atoms. The van der Waals surface area contributed by atoms with Crippen LogP contribution in [0.1, 0.15) is 5.69 Å². The van der Waals surface area contributed by atoms with Gasteiger partial charge in [0.1, 0.15) is 11.5 Å². The van der Waals surface area contributed by atoms with E-state index >= 15 is 0 Å². The second-order valence-electron chi connectivity index (χ2n) is 3.99. The molecule has 0 fully saturated rings. The van der Waals surface area contributed by atoms with Gasteiger partial charge in [0.2, 0.25) is 0 Å². The zero-order chi connectivity index (χ0) is 11.8. The van der Waals surface area contributed by atoms with Crippen LogP contribution in [0, 0.1) is 12.7 Å². The molecule has 0 saturated carbocycles. The van der Waals surface area contributed by atoms with E-state index in [9.17, 15) is 4.39 Å². The molecule has 0 N–H and O–H groups in total. The molecule has 2 heterocycles. The molecule has 1 aromatic carbocycles. The number of halogens is 1. The fraction of sp³-hybridized carbons (Fsp3) is 0.0714. The first-order chi connectivity index (χ1) is 8.25. The maximum absolute atomic E-state index is 13.2. The number of aromatic nitrogens is 2. The fourth-order valence-corrected chi connectivity index (χ4v) is 2.01. The highest BCUT2D eigenvalue weighted by Gasteiger charge is 2.09. The van der Waals surface area contributed by atoms with Gasteiger partial charge in [-0.1, -0.05) is 30.3 Å². The van der Waals surface area contributed by atoms with E-state index in [-0.39, 0.29) is 5.82 Å². The van der Waals surface area contributed by atoms with Crippen LogP contribution in [0.4, 0.5) is 4.39 Å². The first-order valence-corrected chi connectivity index (χ1v) is 5.45. The van der Waals surface area contributed by atoms with Crippen LogP contribution in [0.2, 0.25) is 0 Å². The molecule has 3 heteroatoms. The van der Waals surface area contributed by atoms with Crippen LogP contribution in [0.15, 0.2) is 48.7 Å². The quantitative estimate of drug-likeness (QED) is 0.621. The number of rotatable bonds is 1. The van der Waals surface area contributed by atoms with Crippen molar-refractivity contribution < 1.29 is 4.39 Å². The second-order valence-corrected chi connectivity index (χ2v) is 3.99. The van der Waals surface area contributed by atoms with E-state index in [1.807, 2.05) is 37.3 Å². The average Bonchev–Trinajstić information content (AvgIpc) is 2.68. The monoisotopic (exact) mass is 226 g/mol. The molecule has 0 spiro atoms. The number of aryl methyl sites for hydroxylation is 1. The predicted octanol–water partition coefficient (Wildman–Crippen LogP) is 3.45. The fourth-order valence-electron chi connectivity index (χ4n) is 2.01. The molecular formula is C14H11FN2. The molecule has 0 aliphatic rings. The van der Waals surface area contributed by atoms with Crippen LogP contribution in [-0.2, 0) is 0 Å². The Hall–Kier alpha value is -2.16. The summed E-state index contributed by atoms with van der Waals surface area (Å²) in [5.74, 6) is -0.252. The van der Waals surface area contributed by atoms with Crippen LogP contribution >= 0.6 is 0 Å². The van der Waals surface area contributed by atoms with Crippen molar-refractivity contribution in [3.05, 3.63) is 60.2 Å². The molecule has 3 aromatic rings. The molecule has 0 amide bonds. The summed E-state index contributed by atoms with van der Waals surface area (Å²) < 4.78 is 15.0. The SMILES string of the molecule is Cc1c(-c2ccccc2)nc2ccc(F)cn12. The second kappa shape index (κ2) is 3.70. The number of hydrogen-bond acceptors (Lipinski definition) is 1. The third-order valence-corrected chi connectivity index (χ3v) is 2.87. The lowest BCUT2D eigenvalue weighted by Gasteiger charge is -1.98. The van der Waals surface area contributed by atoms with Gasteiger partial charge in [0.15, 0.2) is 0 Å². The standard InChI is InChI=1S/C14H11FN2/c1-10-14(11-5-3-2-4-6-11)16-13-8-7-12(15)9-17(10)13/h2-9H,1H3. The minimum atomic E-state index is -0.252. The number of fused-ring (bicyclic) bond motifs is 1. The van der Waals surface area contributed by atoms with Gasteiger partial charge in [-0.25, -0.2) is 9.37 Å². The molecule has 0 unspecified atom stereocenters. The minimum Gasteiger partial charge on any atom is -0.301 e. The number of hydrogen-bond donors (Lipinski definition) is 0. The molecule has 3 rings (SSSR count). The summed E-state index contributed by atoms with van der Waals surface area (Å²) in [6, 6.07) is 13.0. The van der Waals surface area contributed by atoms with Gasteiger partial charge in [-0.05, 0) is 19.1 Å². The molecule has 0 atom stereocenters. The van der Waals surface area contributed by atoms with Gasteiger partial charge >= 0.3 is 0 Å². The van der Waals surface area contributed by atoms with Gasteiger partial charge in [0.05, 0.1) is 5.69 Å². The van der Waals surface area contributed by atoms with E-state index in [0.717, 1.165) is 22.6 Å². The first-order valence-electron chi connectivity index (χ1n) is 5.45. The Bertz CT molecular complexity index is 671. The predicted molar refractivity (Wildman–Crippen MR) is 65.3 cm³/mol. The van der Waals surface area contributed by atoms with Gasteiger partial charge in [0, 0.05) is 17.5 Å². The number of imidazole rings is 1. The van der Waals surface area contributed by atoms with Crippen molar-refractivity contribution in [1.82, 2.24) is 9.38 Å². The third-order valence-electron chi connectivity index (χ3n) is 2.87. The van der Waals surface area contributed by atoms with Crippen LogP contribution in [0.3, 0.4) is 0 Å². The van der Waals surface area contributed by atoms with Gasteiger partial charge in [0.25, 0.3) is 0 Å². The Kier molecular flexibility index (Phi) is 2.18. The van der Waals surface area contributed by atoms with Crippen molar-refractivity contribution in [3.63, 3.8) is 0 Å². The Morgan fingerprint density at radius 3 is 2.59 bits per heavy atom. The zero-order valence-corrected chi connectivity index (χ0v) is 9.39. The maximum atomic E-state index is 13.2. The highest BCUT2D eigenvalue weighted by molar-refractivity contribution is 5.66. The van der Waals surface area contributed by atoms with Crippen molar-refractivity contribution in [2.45, 2.75) is 6.92 Å². The molecule has 84 valence electrons. The largest absolute Gasteiger partial charge is 0.301 e. The summed E-state index contributed by atoms with van der Waals surface area (Å²) in [5, 5.41) is 0. The normalized spacial score (nSPS) is 10.9. The van der Waals surface area contributed by atoms with Crippen LogP contribution in [-0.4, -0.2) is 9.38 Å². The topological polar surface area (TPSA) is 17.3 Å². The van der Waals surface area contributed by atoms with Crippen molar-refractivity contribution in [2.75, 3.05) is 0 Å². The number of nitrogens with zero attached hydrogens (tertiary/aromatic N) is 2. The minimum absolute atomic E-state index is 0.252. The van der Waals surface area contributed by atoms with Crippen molar-refractivity contribution in [1.29, 1.82) is 0 Å². The van der Waals surface area contributed by atoms with Crippen LogP contribution in [0.5, 0.6) is 0 Å². The van der Waals surface area contributed by atoms with E-state index in [1.54, 1.807) is 10.5 Å². The molecule has 17 heavy (non-hydrogen) atoms. The molecule has 0 aliphatic heterocycles. The van der Waals surface area contributed by atoms with Gasteiger partial charge < -0.3 is 4.40 Å². The highest BCUT2D eigenvalue weighted by atomic mass is 19.1. The molecule has 0 radical (unpaired) electrons. The molecule has 2 nitrogen and oxygen atoms in total. The van der Waals surface area contributed by atoms with E-state index in [2.05, 4.69) is 4.98 Å². The Morgan fingerprint density at radius 1 is 1.06 bits per heavy atom. The maximum Gasteiger partial charge on any atom is 0.139 e. The Labute approximate surface area is 98.4 Å². The summed E-state index contributed by atoms with van der Waals surface area (Å²) in [6.07, 6.45) is 1.46. The van der Waals surface area contributed by atoms with Gasteiger partial charge in [-0.15, -0.1) is 0 Å². The van der Waals surface area contributed by atoms with Crippen LogP contribution < -0.4 is 0 Å². The number of benzene rings is 1. The summed E-state index contributed by atoms with van der Waals surface area (Å²) >= 11 is 0. The van der Waals surface area contributed by atoms with Crippen molar-refractivity contribution in [3.8, 4) is 11.3 Å². The summed E-state index contributed by atoms with van der Waals surface area (Å²) in [5.41, 5.74) is 3.67. The third kappa shape index (κ3) is 1.60. The zero-order valence-electron chi connectivity index (χ0n) is 9.39. The molecule has 2 aromatic heterocycles. The summed E-state index contributed by atoms with van der Waals surface area (Å²) in [7, 11) is 0. The van der Waals surface area contributed by atoms with E-state index in [4.69, 9.17) is 0 Å². The lowest BCUT2D eigenvalue weighted by molar-refractivity contribution is 0.618. The lowest BCUT2D eigenvalue weighted by atomic mass is 10.1. The van der Waals surface area contributed by atoms with Crippen LogP contribution in [0.25, 0.3) is 16.9 Å². The summed E-state index contributed by atoms with van der Waals surface area (Å²) in [6.45, 7) is 1.95. The van der Waals surface area contributed by atoms with E-state index in [0.29, 0.717) is 0 Å². The molecule has 0 saturated heterocycles. The molecular weight excluding hydrogens is 215 g/mol. The van der Waals surface area contributed by atoms with Crippen molar-refractivity contribution >= 4 is 5.65 Å². The first kappa shape index (κ1) is 10.0. The lowest BCUT2D eigenvalue weighted by Crippen LogP contribution is -1.88. The molecule has 0 aliphatic carbocycles. The average molecular weight is 226 g/mol. The highest BCUT2D eigenvalue weighted by Crippen LogP contribution is 2.23. The van der Waals surface area contributed by atoms with E-state index < -0.39 is 0 Å².